The Balaban J connectivity index is 1.79. The lowest BCUT2D eigenvalue weighted by Gasteiger charge is -2.18. The number of aromatic nitrogens is 1. The Labute approximate surface area is 178 Å². The minimum atomic E-state index is -4.81. The fourth-order valence-electron chi connectivity index (χ4n) is 2.30. The zero-order valence-corrected chi connectivity index (χ0v) is 17.6. The third-order valence-corrected chi connectivity index (χ3v) is 5.72. The minimum absolute atomic E-state index is 0.0355. The molecule has 1 aromatic heterocycles. The van der Waals surface area contributed by atoms with Crippen LogP contribution in [0.4, 0.5) is 13.2 Å². The van der Waals surface area contributed by atoms with Gasteiger partial charge in [0.15, 0.2) is 5.17 Å². The molecule has 11 heteroatoms. The van der Waals surface area contributed by atoms with E-state index in [1.54, 1.807) is 17.5 Å². The van der Waals surface area contributed by atoms with Crippen molar-refractivity contribution in [1.29, 1.82) is 0 Å². The number of aliphatic hydroxyl groups is 1. The summed E-state index contributed by atoms with van der Waals surface area (Å²) < 4.78 is 42.0. The van der Waals surface area contributed by atoms with Gasteiger partial charge in [-0.15, -0.1) is 24.5 Å². The molecule has 1 amide bonds. The monoisotopic (exact) mass is 457 g/mol. The van der Waals surface area contributed by atoms with E-state index in [1.165, 1.54) is 18.2 Å². The number of nitrogens with zero attached hydrogens (tertiary/aromatic N) is 2. The number of thioether (sulfide) groups is 1. The summed E-state index contributed by atoms with van der Waals surface area (Å²) in [5, 5.41) is 14.3. The SMILES string of the molecule is CC(C)(CO)CN=C1NC(=O)/C(=C\c2csc(-c3ccccc3OC(F)(F)F)n2)S1. The van der Waals surface area contributed by atoms with Gasteiger partial charge in [0.2, 0.25) is 0 Å². The van der Waals surface area contributed by atoms with Gasteiger partial charge < -0.3 is 15.2 Å². The van der Waals surface area contributed by atoms with E-state index in [9.17, 15) is 23.1 Å². The van der Waals surface area contributed by atoms with Crippen molar-refractivity contribution < 1.29 is 27.8 Å². The Bertz CT molecular complexity index is 1000. The van der Waals surface area contributed by atoms with Crippen molar-refractivity contribution in [3.8, 4) is 16.3 Å². The predicted octanol–water partition coefficient (Wildman–Crippen LogP) is 4.29. The number of alkyl halides is 3. The number of thiazole rings is 1. The summed E-state index contributed by atoms with van der Waals surface area (Å²) in [6.07, 6.45) is -3.26. The lowest BCUT2D eigenvalue weighted by Crippen LogP contribution is -2.24. The maximum atomic E-state index is 12.6. The van der Waals surface area contributed by atoms with Crippen LogP contribution in [0.5, 0.6) is 5.75 Å². The first-order valence-corrected chi connectivity index (χ1v) is 10.4. The molecule has 0 atom stereocenters. The van der Waals surface area contributed by atoms with Crippen molar-refractivity contribution in [2.45, 2.75) is 20.2 Å². The summed E-state index contributed by atoms with van der Waals surface area (Å²) >= 11 is 2.28. The summed E-state index contributed by atoms with van der Waals surface area (Å²) in [6.45, 7) is 4.02. The number of para-hydroxylation sites is 1. The molecule has 160 valence electrons. The van der Waals surface area contributed by atoms with Crippen LogP contribution in [0.3, 0.4) is 0 Å². The van der Waals surface area contributed by atoms with Crippen LogP contribution in [0, 0.1) is 5.41 Å². The van der Waals surface area contributed by atoms with Gasteiger partial charge in [0.25, 0.3) is 5.91 Å². The van der Waals surface area contributed by atoms with E-state index in [-0.39, 0.29) is 23.8 Å². The van der Waals surface area contributed by atoms with Crippen LogP contribution in [0.25, 0.3) is 16.6 Å². The quantitative estimate of drug-likeness (QED) is 0.633. The van der Waals surface area contributed by atoms with Gasteiger partial charge in [0, 0.05) is 23.9 Å². The van der Waals surface area contributed by atoms with Crippen LogP contribution in [0.1, 0.15) is 19.5 Å². The van der Waals surface area contributed by atoms with Crippen molar-refractivity contribution in [3.05, 3.63) is 40.2 Å². The molecule has 1 saturated heterocycles. The molecule has 0 aliphatic carbocycles. The van der Waals surface area contributed by atoms with Crippen LogP contribution < -0.4 is 10.1 Å². The van der Waals surface area contributed by atoms with Gasteiger partial charge in [0.1, 0.15) is 10.8 Å². The summed E-state index contributed by atoms with van der Waals surface area (Å²) in [5.74, 6) is -0.677. The number of carbonyl (C=O) groups is 1. The molecule has 3 rings (SSSR count). The number of hydrogen-bond donors (Lipinski definition) is 2. The van der Waals surface area contributed by atoms with E-state index >= 15 is 0 Å². The topological polar surface area (TPSA) is 83.8 Å². The average Bonchev–Trinajstić information content (AvgIpc) is 3.26. The van der Waals surface area contributed by atoms with Crippen molar-refractivity contribution in [3.63, 3.8) is 0 Å². The maximum absolute atomic E-state index is 12.6. The number of amides is 1. The van der Waals surface area contributed by atoms with Gasteiger partial charge in [-0.3, -0.25) is 9.79 Å². The zero-order valence-electron chi connectivity index (χ0n) is 16.0. The molecule has 1 fully saturated rings. The molecule has 1 aromatic carbocycles. The van der Waals surface area contributed by atoms with Gasteiger partial charge in [-0.2, -0.15) is 0 Å². The Kier molecular flexibility index (Phi) is 6.53. The van der Waals surface area contributed by atoms with Gasteiger partial charge in [-0.25, -0.2) is 4.98 Å². The highest BCUT2D eigenvalue weighted by molar-refractivity contribution is 8.18. The molecule has 0 radical (unpaired) electrons. The number of aliphatic imine (C=N–C) groups is 1. The number of amidine groups is 1. The third-order valence-electron chi connectivity index (χ3n) is 3.87. The first kappa shape index (κ1) is 22.3. The molecule has 30 heavy (non-hydrogen) atoms. The molecule has 0 spiro atoms. The number of hydrogen-bond acceptors (Lipinski definition) is 7. The van der Waals surface area contributed by atoms with Gasteiger partial charge in [-0.1, -0.05) is 26.0 Å². The van der Waals surface area contributed by atoms with Crippen LogP contribution in [0.2, 0.25) is 0 Å². The van der Waals surface area contributed by atoms with Gasteiger partial charge in [-0.05, 0) is 30.0 Å². The molecule has 1 aliphatic heterocycles. The summed E-state index contributed by atoms with van der Waals surface area (Å²) in [5.41, 5.74) is 0.244. The number of halogens is 3. The summed E-state index contributed by atoms with van der Waals surface area (Å²) in [6, 6.07) is 5.75. The van der Waals surface area contributed by atoms with E-state index < -0.39 is 11.8 Å². The molecule has 6 nitrogen and oxygen atoms in total. The van der Waals surface area contributed by atoms with Gasteiger partial charge >= 0.3 is 6.36 Å². The first-order chi connectivity index (χ1) is 14.1. The standard InChI is InChI=1S/C19H18F3N3O3S2/c1-18(2,10-26)9-23-17-25-15(27)14(30-17)7-11-8-29-16(24-11)12-5-3-4-6-13(12)28-19(20,21)22/h3-8,26H,9-10H2,1-2H3,(H,23,25,27)/b14-7+. The molecular weight excluding hydrogens is 439 g/mol. The average molecular weight is 457 g/mol. The molecule has 2 aromatic rings. The predicted molar refractivity (Wildman–Crippen MR) is 111 cm³/mol. The fraction of sp³-hybridized carbons (Fsp3) is 0.316. The molecule has 0 bridgehead atoms. The molecule has 2 N–H and O–H groups in total. The second-order valence-corrected chi connectivity index (χ2v) is 9.02. The largest absolute Gasteiger partial charge is 0.573 e. The first-order valence-electron chi connectivity index (χ1n) is 8.73. The second kappa shape index (κ2) is 8.78. The van der Waals surface area contributed by atoms with Gasteiger partial charge in [0.05, 0.1) is 16.2 Å². The minimum Gasteiger partial charge on any atom is -0.405 e. The van der Waals surface area contributed by atoms with Crippen molar-refractivity contribution >= 4 is 40.2 Å². The summed E-state index contributed by atoms with van der Waals surface area (Å²) in [4.78, 5) is 21.2. The second-order valence-electron chi connectivity index (χ2n) is 7.13. The lowest BCUT2D eigenvalue weighted by molar-refractivity contribution is -0.274. The van der Waals surface area contributed by atoms with E-state index in [1.807, 2.05) is 13.8 Å². The van der Waals surface area contributed by atoms with Crippen LogP contribution in [-0.4, -0.2) is 40.7 Å². The molecule has 0 unspecified atom stereocenters. The molecule has 0 saturated carbocycles. The van der Waals surface area contributed by atoms with E-state index in [0.29, 0.717) is 27.3 Å². The highest BCUT2D eigenvalue weighted by Gasteiger charge is 2.32. The van der Waals surface area contributed by atoms with E-state index in [2.05, 4.69) is 20.0 Å². The molecule has 1 aliphatic rings. The molecular formula is C19H18F3N3O3S2. The maximum Gasteiger partial charge on any atom is 0.573 e. The van der Waals surface area contributed by atoms with Crippen molar-refractivity contribution in [1.82, 2.24) is 10.3 Å². The zero-order chi connectivity index (χ0) is 21.9. The summed E-state index contributed by atoms with van der Waals surface area (Å²) in [7, 11) is 0. The Morgan fingerprint density at radius 2 is 2.03 bits per heavy atom. The fourth-order valence-corrected chi connectivity index (χ4v) is 3.92. The van der Waals surface area contributed by atoms with Crippen molar-refractivity contribution in [2.75, 3.05) is 13.2 Å². The third kappa shape index (κ3) is 5.83. The van der Waals surface area contributed by atoms with Crippen LogP contribution in [0.15, 0.2) is 39.5 Å². The lowest BCUT2D eigenvalue weighted by atomic mass is 9.95. The number of nitrogens with one attached hydrogen (secondary N) is 1. The Morgan fingerprint density at radius 1 is 1.30 bits per heavy atom. The highest BCUT2D eigenvalue weighted by Crippen LogP contribution is 2.36. The van der Waals surface area contributed by atoms with Crippen LogP contribution in [-0.2, 0) is 4.79 Å². The Hall–Kier alpha value is -2.37. The van der Waals surface area contributed by atoms with Crippen LogP contribution >= 0.6 is 23.1 Å². The number of carbonyl (C=O) groups excluding carboxylic acids is 1. The number of aliphatic hydroxyl groups excluding tert-OH is 1. The number of benzene rings is 1. The highest BCUT2D eigenvalue weighted by atomic mass is 32.2. The normalized spacial score (nSPS) is 17.6. The van der Waals surface area contributed by atoms with E-state index in [0.717, 1.165) is 23.1 Å². The van der Waals surface area contributed by atoms with Crippen molar-refractivity contribution in [2.24, 2.45) is 10.4 Å². The number of rotatable bonds is 6. The number of ether oxygens (including phenoxy) is 1. The Morgan fingerprint density at radius 3 is 2.73 bits per heavy atom. The van der Waals surface area contributed by atoms with E-state index in [4.69, 9.17) is 0 Å². The smallest absolute Gasteiger partial charge is 0.405 e. The molecule has 2 heterocycles.